The summed E-state index contributed by atoms with van der Waals surface area (Å²) in [6.45, 7) is 2.19. The van der Waals surface area contributed by atoms with E-state index in [1.807, 2.05) is 0 Å². The summed E-state index contributed by atoms with van der Waals surface area (Å²) in [5.41, 5.74) is 2.04. The number of non-ortho nitro benzene ring substituents is 1. The molecule has 8 heteroatoms. The highest BCUT2D eigenvalue weighted by molar-refractivity contribution is 5.67. The van der Waals surface area contributed by atoms with E-state index in [0.717, 1.165) is 25.3 Å². The normalized spacial score (nSPS) is 10.9. The third-order valence-corrected chi connectivity index (χ3v) is 3.60. The quantitative estimate of drug-likeness (QED) is 0.249. The number of nitrogens with zero attached hydrogens (tertiary/aromatic N) is 3. The van der Waals surface area contributed by atoms with Crippen LogP contribution in [0.2, 0.25) is 0 Å². The van der Waals surface area contributed by atoms with Crippen molar-refractivity contribution in [3.05, 3.63) is 38.4 Å². The van der Waals surface area contributed by atoms with Crippen molar-refractivity contribution in [3.63, 3.8) is 0 Å². The summed E-state index contributed by atoms with van der Waals surface area (Å²) in [5.74, 6) is 0. The van der Waals surface area contributed by atoms with Crippen molar-refractivity contribution < 1.29 is 9.85 Å². The molecule has 0 spiro atoms. The summed E-state index contributed by atoms with van der Waals surface area (Å²) in [4.78, 5) is 20.3. The maximum absolute atomic E-state index is 11.0. The molecule has 1 aromatic rings. The third-order valence-electron chi connectivity index (χ3n) is 3.60. The lowest BCUT2D eigenvalue weighted by Crippen LogP contribution is -1.98. The van der Waals surface area contributed by atoms with Crippen LogP contribution in [0.1, 0.15) is 58.3 Å². The molecule has 132 valence electrons. The van der Waals surface area contributed by atoms with Crippen LogP contribution in [0.25, 0.3) is 0 Å². The molecular formula is C16H24N4O4. The number of hydrazone groups is 1. The van der Waals surface area contributed by atoms with E-state index >= 15 is 0 Å². The predicted octanol–water partition coefficient (Wildman–Crippen LogP) is 5.04. The van der Waals surface area contributed by atoms with Gasteiger partial charge in [0.25, 0.3) is 5.69 Å². The zero-order chi connectivity index (χ0) is 17.8. The van der Waals surface area contributed by atoms with Crippen molar-refractivity contribution in [3.8, 4) is 0 Å². The Labute approximate surface area is 141 Å². The van der Waals surface area contributed by atoms with Gasteiger partial charge in [0.05, 0.1) is 15.9 Å². The third kappa shape index (κ3) is 7.17. The summed E-state index contributed by atoms with van der Waals surface area (Å²) in [5, 5.41) is 25.6. The maximum Gasteiger partial charge on any atom is 0.301 e. The number of hydrogen-bond donors (Lipinski definition) is 1. The molecule has 0 heterocycles. The molecule has 0 aliphatic heterocycles. The van der Waals surface area contributed by atoms with Crippen molar-refractivity contribution in [2.45, 2.75) is 58.3 Å². The molecule has 0 unspecified atom stereocenters. The Hall–Kier alpha value is -2.51. The van der Waals surface area contributed by atoms with Crippen LogP contribution in [0.4, 0.5) is 17.1 Å². The van der Waals surface area contributed by atoms with Gasteiger partial charge in [-0.1, -0.05) is 45.4 Å². The van der Waals surface area contributed by atoms with Crippen LogP contribution in [0.5, 0.6) is 0 Å². The number of nitro groups is 2. The van der Waals surface area contributed by atoms with Gasteiger partial charge in [-0.25, -0.2) is 0 Å². The van der Waals surface area contributed by atoms with Gasteiger partial charge in [-0.2, -0.15) is 5.10 Å². The summed E-state index contributed by atoms with van der Waals surface area (Å²) in [6.07, 6.45) is 10.9. The highest BCUT2D eigenvalue weighted by Crippen LogP contribution is 2.28. The summed E-state index contributed by atoms with van der Waals surface area (Å²) in [7, 11) is 0. The van der Waals surface area contributed by atoms with Crippen LogP contribution in [-0.2, 0) is 0 Å². The van der Waals surface area contributed by atoms with Crippen molar-refractivity contribution in [1.82, 2.24) is 0 Å². The Morgan fingerprint density at radius 1 is 1.04 bits per heavy atom. The number of rotatable bonds is 12. The Kier molecular flexibility index (Phi) is 9.03. The van der Waals surface area contributed by atoms with Crippen molar-refractivity contribution in [2.24, 2.45) is 5.10 Å². The highest BCUT2D eigenvalue weighted by atomic mass is 16.6. The lowest BCUT2D eigenvalue weighted by Gasteiger charge is -2.02. The molecule has 0 radical (unpaired) electrons. The minimum Gasteiger partial charge on any atom is -0.272 e. The molecule has 0 saturated carbocycles. The van der Waals surface area contributed by atoms with E-state index in [9.17, 15) is 20.2 Å². The van der Waals surface area contributed by atoms with Gasteiger partial charge < -0.3 is 0 Å². The molecule has 1 N–H and O–H groups in total. The summed E-state index contributed by atoms with van der Waals surface area (Å²) in [6, 6.07) is 3.43. The van der Waals surface area contributed by atoms with Gasteiger partial charge >= 0.3 is 5.69 Å². The van der Waals surface area contributed by atoms with E-state index in [1.165, 1.54) is 44.2 Å². The molecule has 0 aliphatic rings. The molecule has 0 atom stereocenters. The Balaban J connectivity index is 2.38. The molecule has 24 heavy (non-hydrogen) atoms. The van der Waals surface area contributed by atoms with E-state index in [4.69, 9.17) is 0 Å². The molecule has 0 saturated heterocycles. The maximum atomic E-state index is 11.0. The minimum atomic E-state index is -0.666. The van der Waals surface area contributed by atoms with Crippen LogP contribution >= 0.6 is 0 Å². The zero-order valence-electron chi connectivity index (χ0n) is 13.9. The lowest BCUT2D eigenvalue weighted by molar-refractivity contribution is -0.393. The van der Waals surface area contributed by atoms with Crippen LogP contribution < -0.4 is 5.43 Å². The van der Waals surface area contributed by atoms with Crippen LogP contribution in [-0.4, -0.2) is 16.1 Å². The first-order valence-corrected chi connectivity index (χ1v) is 8.26. The first-order chi connectivity index (χ1) is 11.6. The van der Waals surface area contributed by atoms with Crippen molar-refractivity contribution in [2.75, 3.05) is 5.43 Å². The van der Waals surface area contributed by atoms with Gasteiger partial charge in [0.1, 0.15) is 5.69 Å². The number of unbranched alkanes of at least 4 members (excludes halogenated alkanes) is 7. The fourth-order valence-corrected chi connectivity index (χ4v) is 2.25. The average Bonchev–Trinajstić information content (AvgIpc) is 2.56. The number of nitro benzene ring substituents is 2. The molecule has 0 aliphatic carbocycles. The smallest absolute Gasteiger partial charge is 0.272 e. The van der Waals surface area contributed by atoms with Crippen LogP contribution in [0.15, 0.2) is 23.3 Å². The Morgan fingerprint density at radius 3 is 2.33 bits per heavy atom. The largest absolute Gasteiger partial charge is 0.301 e. The highest BCUT2D eigenvalue weighted by Gasteiger charge is 2.18. The molecule has 8 nitrogen and oxygen atoms in total. The van der Waals surface area contributed by atoms with Crippen molar-refractivity contribution in [1.29, 1.82) is 0 Å². The molecule has 0 fully saturated rings. The lowest BCUT2D eigenvalue weighted by atomic mass is 10.1. The second-order valence-corrected chi connectivity index (χ2v) is 5.55. The second-order valence-electron chi connectivity index (χ2n) is 5.55. The standard InChI is InChI=1S/C16H24N4O4/c1-2-3-4-5-6-7-8-9-12-17-18-15-11-10-14(19(21)22)13-16(15)20(23)24/h10-13,18H,2-9H2,1H3/b17-12-. The zero-order valence-corrected chi connectivity index (χ0v) is 13.9. The van der Waals surface area contributed by atoms with E-state index in [0.29, 0.717) is 0 Å². The molecular weight excluding hydrogens is 312 g/mol. The number of anilines is 1. The van der Waals surface area contributed by atoms with Gasteiger partial charge in [0.15, 0.2) is 0 Å². The van der Waals surface area contributed by atoms with Gasteiger partial charge in [-0.3, -0.25) is 25.7 Å². The van der Waals surface area contributed by atoms with Crippen LogP contribution in [0.3, 0.4) is 0 Å². The van der Waals surface area contributed by atoms with Gasteiger partial charge in [-0.15, -0.1) is 0 Å². The molecule has 1 aromatic carbocycles. The monoisotopic (exact) mass is 336 g/mol. The predicted molar refractivity (Wildman–Crippen MR) is 94.5 cm³/mol. The fourth-order valence-electron chi connectivity index (χ4n) is 2.25. The van der Waals surface area contributed by atoms with Crippen molar-refractivity contribution >= 4 is 23.3 Å². The van der Waals surface area contributed by atoms with Gasteiger partial charge in [-0.05, 0) is 18.9 Å². The van der Waals surface area contributed by atoms with E-state index in [2.05, 4.69) is 17.5 Å². The van der Waals surface area contributed by atoms with Crippen LogP contribution in [0, 0.1) is 20.2 Å². The first-order valence-electron chi connectivity index (χ1n) is 8.26. The van der Waals surface area contributed by atoms with E-state index in [-0.39, 0.29) is 17.1 Å². The molecule has 0 amide bonds. The Bertz CT molecular complexity index is 575. The Morgan fingerprint density at radius 2 is 1.71 bits per heavy atom. The number of hydrogen-bond acceptors (Lipinski definition) is 6. The van der Waals surface area contributed by atoms with Gasteiger partial charge in [0, 0.05) is 12.3 Å². The summed E-state index contributed by atoms with van der Waals surface area (Å²) < 4.78 is 0. The summed E-state index contributed by atoms with van der Waals surface area (Å²) >= 11 is 0. The topological polar surface area (TPSA) is 111 Å². The number of nitrogens with one attached hydrogen (secondary N) is 1. The van der Waals surface area contributed by atoms with E-state index < -0.39 is 9.85 Å². The second kappa shape index (κ2) is 11.1. The molecule has 0 bridgehead atoms. The molecule has 1 rings (SSSR count). The molecule has 0 aromatic heterocycles. The van der Waals surface area contributed by atoms with E-state index in [1.54, 1.807) is 6.21 Å². The fraction of sp³-hybridized carbons (Fsp3) is 0.562. The SMILES string of the molecule is CCCCCCCCC/C=N\Nc1ccc([N+](=O)[O-])cc1[N+](=O)[O-]. The average molecular weight is 336 g/mol. The minimum absolute atomic E-state index is 0.140. The first kappa shape index (κ1) is 19.5. The van der Waals surface area contributed by atoms with Gasteiger partial charge in [0.2, 0.25) is 0 Å². The number of benzene rings is 1.